The zero-order valence-corrected chi connectivity index (χ0v) is 15.5. The molecule has 1 amide bonds. The van der Waals surface area contributed by atoms with Gasteiger partial charge in [-0.25, -0.2) is 0 Å². The molecule has 140 valence electrons. The van der Waals surface area contributed by atoms with Gasteiger partial charge in [-0.2, -0.15) is 0 Å². The third-order valence-corrected chi connectivity index (χ3v) is 4.06. The van der Waals surface area contributed by atoms with Crippen molar-refractivity contribution >= 4 is 11.9 Å². The number of hydrogen-bond acceptors (Lipinski definition) is 6. The van der Waals surface area contributed by atoms with E-state index in [1.165, 1.54) is 0 Å². The van der Waals surface area contributed by atoms with Gasteiger partial charge in [0, 0.05) is 18.5 Å². The molecular formula is C19H24N2O5. The summed E-state index contributed by atoms with van der Waals surface area (Å²) in [6.07, 6.45) is -0.218. The van der Waals surface area contributed by atoms with Gasteiger partial charge in [-0.3, -0.25) is 9.59 Å². The van der Waals surface area contributed by atoms with E-state index >= 15 is 0 Å². The number of amides is 1. The Kier molecular flexibility index (Phi) is 6.77. The molecule has 7 heteroatoms. The average Bonchev–Trinajstić information content (AvgIpc) is 2.96. The fourth-order valence-electron chi connectivity index (χ4n) is 2.47. The van der Waals surface area contributed by atoms with Crippen LogP contribution in [0.25, 0.3) is 0 Å². The van der Waals surface area contributed by atoms with Crippen molar-refractivity contribution in [2.24, 2.45) is 0 Å². The van der Waals surface area contributed by atoms with Gasteiger partial charge in [0.2, 0.25) is 0 Å². The monoisotopic (exact) mass is 360 g/mol. The molecule has 0 saturated heterocycles. The molecule has 2 aromatic rings. The van der Waals surface area contributed by atoms with Gasteiger partial charge in [-0.05, 0) is 44.9 Å². The molecule has 1 heterocycles. The number of aryl methyl sites for hydroxylation is 2. The Morgan fingerprint density at radius 1 is 1.23 bits per heavy atom. The molecule has 0 aliphatic heterocycles. The van der Waals surface area contributed by atoms with Gasteiger partial charge in [-0.15, -0.1) is 0 Å². The van der Waals surface area contributed by atoms with Crippen LogP contribution < -0.4 is 10.1 Å². The number of benzene rings is 1. The summed E-state index contributed by atoms with van der Waals surface area (Å²) >= 11 is 0. The van der Waals surface area contributed by atoms with Crippen molar-refractivity contribution < 1.29 is 23.6 Å². The van der Waals surface area contributed by atoms with Crippen molar-refractivity contribution in [3.05, 3.63) is 46.8 Å². The predicted octanol–water partition coefficient (Wildman–Crippen LogP) is 2.48. The number of esters is 1. The highest BCUT2D eigenvalue weighted by atomic mass is 16.5. The van der Waals surface area contributed by atoms with E-state index in [4.69, 9.17) is 14.0 Å². The van der Waals surface area contributed by atoms with Crippen LogP contribution in [-0.4, -0.2) is 30.2 Å². The maximum atomic E-state index is 12.1. The van der Waals surface area contributed by atoms with Gasteiger partial charge >= 0.3 is 5.97 Å². The first kappa shape index (κ1) is 19.5. The molecule has 7 nitrogen and oxygen atoms in total. The molecule has 0 radical (unpaired) electrons. The van der Waals surface area contributed by atoms with E-state index in [-0.39, 0.29) is 12.3 Å². The number of aromatic nitrogens is 1. The van der Waals surface area contributed by atoms with Crippen molar-refractivity contribution in [3.63, 3.8) is 0 Å². The van der Waals surface area contributed by atoms with E-state index in [1.807, 2.05) is 31.2 Å². The Labute approximate surface area is 152 Å². The lowest BCUT2D eigenvalue weighted by atomic mass is 10.1. The summed E-state index contributed by atoms with van der Waals surface area (Å²) in [4.78, 5) is 24.0. The molecule has 26 heavy (non-hydrogen) atoms. The number of methoxy groups -OCH3 is 1. The topological polar surface area (TPSA) is 90.7 Å². The standard InChI is InChI=1S/C19H24N2O5/c1-12-17(13(2)26-21-12)9-10-18(22)25-14(3)19(23)20-11-15-5-7-16(24-4)8-6-15/h5-8,14H,9-11H2,1-4H3,(H,20,23)/t14-/m0/s1. The minimum absolute atomic E-state index is 0.166. The predicted molar refractivity (Wildman–Crippen MR) is 94.7 cm³/mol. The molecule has 1 aromatic heterocycles. The van der Waals surface area contributed by atoms with Crippen LogP contribution in [0.2, 0.25) is 0 Å². The summed E-state index contributed by atoms with van der Waals surface area (Å²) < 4.78 is 15.3. The number of rotatable bonds is 8. The Hall–Kier alpha value is -2.83. The van der Waals surface area contributed by atoms with Crippen LogP contribution in [0.1, 0.15) is 35.9 Å². The van der Waals surface area contributed by atoms with E-state index in [0.29, 0.717) is 18.7 Å². The van der Waals surface area contributed by atoms with Crippen LogP contribution in [0.15, 0.2) is 28.8 Å². The van der Waals surface area contributed by atoms with Crippen LogP contribution in [0.3, 0.4) is 0 Å². The van der Waals surface area contributed by atoms with Crippen molar-refractivity contribution in [1.29, 1.82) is 0 Å². The van der Waals surface area contributed by atoms with E-state index in [2.05, 4.69) is 10.5 Å². The minimum atomic E-state index is -0.856. The largest absolute Gasteiger partial charge is 0.497 e. The highest BCUT2D eigenvalue weighted by Crippen LogP contribution is 2.15. The molecule has 0 bridgehead atoms. The van der Waals surface area contributed by atoms with E-state index in [0.717, 1.165) is 22.6 Å². The van der Waals surface area contributed by atoms with Gasteiger partial charge in [-0.1, -0.05) is 17.3 Å². The summed E-state index contributed by atoms with van der Waals surface area (Å²) in [7, 11) is 1.60. The van der Waals surface area contributed by atoms with Gasteiger partial charge in [0.25, 0.3) is 5.91 Å². The first-order valence-electron chi connectivity index (χ1n) is 8.42. The second-order valence-electron chi connectivity index (χ2n) is 6.00. The molecule has 0 fully saturated rings. The van der Waals surface area contributed by atoms with Gasteiger partial charge in [0.1, 0.15) is 11.5 Å². The number of ether oxygens (including phenoxy) is 2. The number of hydrogen-bond donors (Lipinski definition) is 1. The second kappa shape index (κ2) is 9.03. The number of nitrogens with one attached hydrogen (secondary N) is 1. The van der Waals surface area contributed by atoms with Crippen molar-refractivity contribution in [2.45, 2.75) is 46.3 Å². The third-order valence-electron chi connectivity index (χ3n) is 4.06. The summed E-state index contributed by atoms with van der Waals surface area (Å²) in [5.74, 6) is 0.671. The average molecular weight is 360 g/mol. The van der Waals surface area contributed by atoms with Crippen LogP contribution >= 0.6 is 0 Å². The molecule has 0 unspecified atom stereocenters. The number of carbonyl (C=O) groups is 2. The molecule has 0 saturated carbocycles. The van der Waals surface area contributed by atoms with E-state index in [9.17, 15) is 9.59 Å². The quantitative estimate of drug-likeness (QED) is 0.727. The lowest BCUT2D eigenvalue weighted by Gasteiger charge is -2.13. The summed E-state index contributed by atoms with van der Waals surface area (Å²) in [5, 5.41) is 6.60. The fraction of sp³-hybridized carbons (Fsp3) is 0.421. The second-order valence-corrected chi connectivity index (χ2v) is 6.00. The van der Waals surface area contributed by atoms with Gasteiger partial charge < -0.3 is 19.3 Å². The lowest BCUT2D eigenvalue weighted by molar-refractivity contribution is -0.154. The Morgan fingerprint density at radius 3 is 2.50 bits per heavy atom. The van der Waals surface area contributed by atoms with Crippen molar-refractivity contribution in [1.82, 2.24) is 10.5 Å². The molecule has 0 aliphatic carbocycles. The molecular weight excluding hydrogens is 336 g/mol. The molecule has 0 spiro atoms. The Morgan fingerprint density at radius 2 is 1.92 bits per heavy atom. The number of carbonyl (C=O) groups excluding carboxylic acids is 2. The molecule has 2 rings (SSSR count). The van der Waals surface area contributed by atoms with Crippen LogP contribution in [-0.2, 0) is 27.3 Å². The Bertz CT molecular complexity index is 732. The van der Waals surface area contributed by atoms with E-state index < -0.39 is 12.1 Å². The zero-order valence-electron chi connectivity index (χ0n) is 15.5. The molecule has 1 N–H and O–H groups in total. The third kappa shape index (κ3) is 5.34. The summed E-state index contributed by atoms with van der Waals surface area (Å²) in [5.41, 5.74) is 2.59. The van der Waals surface area contributed by atoms with Crippen molar-refractivity contribution in [2.75, 3.05) is 7.11 Å². The van der Waals surface area contributed by atoms with Crippen LogP contribution in [0.5, 0.6) is 5.75 Å². The normalized spacial score (nSPS) is 11.7. The first-order chi connectivity index (χ1) is 12.4. The van der Waals surface area contributed by atoms with Gasteiger partial charge in [0.05, 0.1) is 12.8 Å². The number of nitrogens with zero attached hydrogens (tertiary/aromatic N) is 1. The molecule has 1 aromatic carbocycles. The summed E-state index contributed by atoms with van der Waals surface area (Å²) in [6, 6.07) is 7.36. The highest BCUT2D eigenvalue weighted by Gasteiger charge is 2.18. The summed E-state index contributed by atoms with van der Waals surface area (Å²) in [6.45, 7) is 5.53. The smallest absolute Gasteiger partial charge is 0.306 e. The molecule has 0 aliphatic rings. The first-order valence-corrected chi connectivity index (χ1v) is 8.42. The van der Waals surface area contributed by atoms with Gasteiger partial charge in [0.15, 0.2) is 6.10 Å². The zero-order chi connectivity index (χ0) is 19.1. The maximum Gasteiger partial charge on any atom is 0.306 e. The lowest BCUT2D eigenvalue weighted by Crippen LogP contribution is -2.35. The Balaban J connectivity index is 1.75. The van der Waals surface area contributed by atoms with Crippen LogP contribution in [0, 0.1) is 13.8 Å². The van der Waals surface area contributed by atoms with Crippen LogP contribution in [0.4, 0.5) is 0 Å². The molecule has 1 atom stereocenters. The van der Waals surface area contributed by atoms with Crippen molar-refractivity contribution in [3.8, 4) is 5.75 Å². The highest BCUT2D eigenvalue weighted by molar-refractivity contribution is 5.83. The minimum Gasteiger partial charge on any atom is -0.497 e. The SMILES string of the molecule is COc1ccc(CNC(=O)[C@H](C)OC(=O)CCc2c(C)noc2C)cc1. The fourth-order valence-corrected chi connectivity index (χ4v) is 2.47. The van der Waals surface area contributed by atoms with E-state index in [1.54, 1.807) is 21.0 Å². The maximum absolute atomic E-state index is 12.1.